The summed E-state index contributed by atoms with van der Waals surface area (Å²) in [7, 11) is 0. The van der Waals surface area contributed by atoms with Gasteiger partial charge in [-0.2, -0.15) is 0 Å². The summed E-state index contributed by atoms with van der Waals surface area (Å²) in [6.07, 6.45) is 0. The molecule has 0 bridgehead atoms. The summed E-state index contributed by atoms with van der Waals surface area (Å²) < 4.78 is 0. The zero-order chi connectivity index (χ0) is 8.81. The van der Waals surface area contributed by atoms with E-state index in [-0.39, 0.29) is 0 Å². The first-order chi connectivity index (χ1) is 5.84. The summed E-state index contributed by atoms with van der Waals surface area (Å²) >= 11 is 0. The minimum Gasteiger partial charge on any atom is -0.429 e. The van der Waals surface area contributed by atoms with Gasteiger partial charge >= 0.3 is 0 Å². The molecule has 12 heavy (non-hydrogen) atoms. The minimum atomic E-state index is 0.330. The molecule has 0 N–H and O–H groups in total. The molecule has 1 rings (SSSR count). The van der Waals surface area contributed by atoms with Crippen LogP contribution in [-0.2, 0) is 11.4 Å². The summed E-state index contributed by atoms with van der Waals surface area (Å²) in [4.78, 5) is 7.14. The second-order valence-corrected chi connectivity index (χ2v) is 2.37. The molecule has 1 aromatic rings. The molecule has 0 unspecified atom stereocenters. The number of nitrogens with zero attached hydrogens (tertiary/aromatic N) is 3. The Morgan fingerprint density at radius 3 is 2.92 bits per heavy atom. The average molecular weight is 163 g/mol. The zero-order valence-electron chi connectivity index (χ0n) is 6.77. The van der Waals surface area contributed by atoms with Crippen LogP contribution in [0.25, 0.3) is 10.4 Å². The molecule has 0 atom stereocenters. The normalized spacial score (nSPS) is 8.75. The van der Waals surface area contributed by atoms with Crippen LogP contribution >= 0.6 is 0 Å². The molecular weight excluding hydrogens is 154 g/mol. The van der Waals surface area contributed by atoms with Crippen LogP contribution < -0.4 is 0 Å². The molecule has 0 fully saturated rings. The zero-order valence-corrected chi connectivity index (χ0v) is 6.77. The molecule has 0 aliphatic carbocycles. The largest absolute Gasteiger partial charge is 0.429 e. The van der Waals surface area contributed by atoms with Crippen LogP contribution in [0.5, 0.6) is 0 Å². The molecule has 0 aromatic heterocycles. The molecule has 0 spiro atoms. The predicted molar refractivity (Wildman–Crippen MR) is 45.1 cm³/mol. The third kappa shape index (κ3) is 2.18. The molecule has 0 saturated carbocycles. The predicted octanol–water partition coefficient (Wildman–Crippen LogP) is 2.74. The number of azide groups is 1. The molecule has 0 amide bonds. The smallest absolute Gasteiger partial charge is 0.122 e. The van der Waals surface area contributed by atoms with Crippen LogP contribution in [0.2, 0.25) is 0 Å². The molecule has 62 valence electrons. The van der Waals surface area contributed by atoms with Crippen LogP contribution in [0.15, 0.2) is 29.5 Å². The molecule has 0 heterocycles. The fourth-order valence-electron chi connectivity index (χ4n) is 0.896. The first-order valence-electron chi connectivity index (χ1n) is 3.55. The standard InChI is InChI=1S/C8H9N3O/c1-7-4-2-3-5-8(7)6-12-11-10-9/h2-5H,6H2,1H3. The van der Waals surface area contributed by atoms with E-state index in [2.05, 4.69) is 15.0 Å². The van der Waals surface area contributed by atoms with Gasteiger partial charge in [0, 0.05) is 4.91 Å². The van der Waals surface area contributed by atoms with Crippen molar-refractivity contribution in [1.82, 2.24) is 0 Å². The lowest BCUT2D eigenvalue weighted by molar-refractivity contribution is 0.124. The summed E-state index contributed by atoms with van der Waals surface area (Å²) in [5, 5.41) is 2.99. The lowest BCUT2D eigenvalue weighted by Crippen LogP contribution is -1.88. The van der Waals surface area contributed by atoms with E-state index in [0.717, 1.165) is 11.1 Å². The number of benzene rings is 1. The van der Waals surface area contributed by atoms with Crippen LogP contribution in [0.3, 0.4) is 0 Å². The number of hydrogen-bond acceptors (Lipinski definition) is 2. The number of hydrogen-bond donors (Lipinski definition) is 0. The van der Waals surface area contributed by atoms with Crippen molar-refractivity contribution in [3.8, 4) is 0 Å². The highest BCUT2D eigenvalue weighted by Crippen LogP contribution is 2.07. The molecule has 4 heteroatoms. The van der Waals surface area contributed by atoms with Gasteiger partial charge < -0.3 is 4.84 Å². The molecule has 0 saturated heterocycles. The summed E-state index contributed by atoms with van der Waals surface area (Å²) in [5.74, 6) is 0. The first-order valence-corrected chi connectivity index (χ1v) is 3.55. The van der Waals surface area contributed by atoms with Gasteiger partial charge in [0.15, 0.2) is 0 Å². The Bertz CT molecular complexity index is 305. The van der Waals surface area contributed by atoms with Crippen molar-refractivity contribution in [2.24, 2.45) is 5.28 Å². The summed E-state index contributed by atoms with van der Waals surface area (Å²) in [5.41, 5.74) is 10.1. The van der Waals surface area contributed by atoms with Crippen molar-refractivity contribution in [2.45, 2.75) is 13.5 Å². The number of rotatable bonds is 3. The van der Waals surface area contributed by atoms with Gasteiger partial charge in [-0.15, -0.1) is 0 Å². The van der Waals surface area contributed by atoms with Gasteiger partial charge in [0.2, 0.25) is 0 Å². The van der Waals surface area contributed by atoms with E-state index < -0.39 is 0 Å². The van der Waals surface area contributed by atoms with E-state index >= 15 is 0 Å². The van der Waals surface area contributed by atoms with E-state index in [4.69, 9.17) is 5.53 Å². The maximum absolute atomic E-state index is 7.95. The molecule has 0 aliphatic heterocycles. The average Bonchev–Trinajstić information content (AvgIpc) is 2.09. The van der Waals surface area contributed by atoms with Crippen LogP contribution in [0.4, 0.5) is 0 Å². The second kappa shape index (κ2) is 4.26. The van der Waals surface area contributed by atoms with Gasteiger partial charge in [0.1, 0.15) is 11.9 Å². The van der Waals surface area contributed by atoms with Gasteiger partial charge in [-0.1, -0.05) is 24.3 Å². The second-order valence-electron chi connectivity index (χ2n) is 2.37. The fraction of sp³-hybridized carbons (Fsp3) is 0.250. The number of aryl methyl sites for hydroxylation is 1. The van der Waals surface area contributed by atoms with Crippen molar-refractivity contribution in [2.75, 3.05) is 0 Å². The SMILES string of the molecule is Cc1ccccc1CON=[N+]=[N-]. The van der Waals surface area contributed by atoms with E-state index in [1.807, 2.05) is 31.2 Å². The Labute approximate surface area is 70.4 Å². The van der Waals surface area contributed by atoms with E-state index in [1.165, 1.54) is 0 Å². The topological polar surface area (TPSA) is 58.0 Å². The van der Waals surface area contributed by atoms with Crippen molar-refractivity contribution >= 4 is 0 Å². The Kier molecular flexibility index (Phi) is 2.99. The highest BCUT2D eigenvalue weighted by Gasteiger charge is 1.94. The van der Waals surface area contributed by atoms with Crippen LogP contribution in [-0.4, -0.2) is 0 Å². The highest BCUT2D eigenvalue weighted by molar-refractivity contribution is 5.24. The highest BCUT2D eigenvalue weighted by atomic mass is 16.6. The van der Waals surface area contributed by atoms with Crippen molar-refractivity contribution < 1.29 is 4.84 Å². The van der Waals surface area contributed by atoms with Crippen molar-refractivity contribution in [3.05, 3.63) is 45.8 Å². The quantitative estimate of drug-likeness (QED) is 0.292. The monoisotopic (exact) mass is 163 g/mol. The Hall–Kier alpha value is -1.67. The van der Waals surface area contributed by atoms with E-state index in [0.29, 0.717) is 6.61 Å². The molecule has 1 aromatic carbocycles. The fourth-order valence-corrected chi connectivity index (χ4v) is 0.896. The molecule has 0 aliphatic rings. The van der Waals surface area contributed by atoms with Crippen molar-refractivity contribution in [1.29, 1.82) is 0 Å². The van der Waals surface area contributed by atoms with Crippen molar-refractivity contribution in [3.63, 3.8) is 0 Å². The molecular formula is C8H9N3O. The third-order valence-electron chi connectivity index (χ3n) is 1.58. The van der Waals surface area contributed by atoms with Gasteiger partial charge in [-0.3, -0.25) is 0 Å². The molecule has 0 radical (unpaired) electrons. The molecule has 4 nitrogen and oxygen atoms in total. The Morgan fingerprint density at radius 1 is 1.50 bits per heavy atom. The summed E-state index contributed by atoms with van der Waals surface area (Å²) in [6, 6.07) is 7.78. The lowest BCUT2D eigenvalue weighted by atomic mass is 10.1. The van der Waals surface area contributed by atoms with E-state index in [1.54, 1.807) is 0 Å². The maximum atomic E-state index is 7.95. The van der Waals surface area contributed by atoms with Gasteiger partial charge in [0.05, 0.1) is 0 Å². The van der Waals surface area contributed by atoms with Gasteiger partial charge in [-0.05, 0) is 23.6 Å². The Morgan fingerprint density at radius 2 is 2.25 bits per heavy atom. The third-order valence-corrected chi connectivity index (χ3v) is 1.58. The summed E-state index contributed by atoms with van der Waals surface area (Å²) in [6.45, 7) is 2.31. The first kappa shape index (κ1) is 8.43. The van der Waals surface area contributed by atoms with Crippen LogP contribution in [0.1, 0.15) is 11.1 Å². The lowest BCUT2D eigenvalue weighted by Gasteiger charge is -2.02. The minimum absolute atomic E-state index is 0.330. The van der Waals surface area contributed by atoms with Gasteiger partial charge in [0.25, 0.3) is 0 Å². The van der Waals surface area contributed by atoms with Crippen LogP contribution in [0, 0.1) is 6.92 Å². The van der Waals surface area contributed by atoms with Gasteiger partial charge in [-0.25, -0.2) is 0 Å². The van der Waals surface area contributed by atoms with E-state index in [9.17, 15) is 0 Å². The Balaban J connectivity index is 2.62. The maximum Gasteiger partial charge on any atom is 0.122 e.